The molecule has 0 heterocycles. The Hall–Kier alpha value is -1.02. The summed E-state index contributed by atoms with van der Waals surface area (Å²) in [7, 11) is -2.09. The summed E-state index contributed by atoms with van der Waals surface area (Å²) >= 11 is 0. The van der Waals surface area contributed by atoms with Crippen LogP contribution in [0.3, 0.4) is 0 Å². The topological polar surface area (TPSA) is 69.6 Å². The monoisotopic (exact) mass is 290 g/mol. The average molecular weight is 290 g/mol. The molecule has 0 fully saturated rings. The van der Waals surface area contributed by atoms with E-state index in [1.807, 2.05) is 0 Å². The van der Waals surface area contributed by atoms with Crippen LogP contribution in [0.25, 0.3) is 0 Å². The Labute approximate surface area is 113 Å². The summed E-state index contributed by atoms with van der Waals surface area (Å²) in [6.07, 6.45) is 0.812. The first kappa shape index (κ1) is 16.0. The summed E-state index contributed by atoms with van der Waals surface area (Å²) < 4.78 is 40.0. The van der Waals surface area contributed by atoms with Gasteiger partial charge in [-0.3, -0.25) is 0 Å². The maximum absolute atomic E-state index is 12.9. The zero-order valence-electron chi connectivity index (χ0n) is 10.8. The van der Waals surface area contributed by atoms with Crippen LogP contribution in [0.1, 0.15) is 12.0 Å². The van der Waals surface area contributed by atoms with Crippen molar-refractivity contribution >= 4 is 10.2 Å². The van der Waals surface area contributed by atoms with Gasteiger partial charge in [0.25, 0.3) is 10.2 Å². The molecule has 2 N–H and O–H groups in total. The summed E-state index contributed by atoms with van der Waals surface area (Å²) in [5, 5.41) is 8.65. The number of aliphatic hydroxyl groups excluding tert-OH is 1. The van der Waals surface area contributed by atoms with E-state index in [0.717, 1.165) is 9.87 Å². The zero-order chi connectivity index (χ0) is 14.3. The quantitative estimate of drug-likeness (QED) is 0.733. The first-order valence-electron chi connectivity index (χ1n) is 6.02. The van der Waals surface area contributed by atoms with Crippen molar-refractivity contribution in [3.05, 3.63) is 35.6 Å². The highest BCUT2D eigenvalue weighted by Crippen LogP contribution is 2.04. The molecule has 0 unspecified atom stereocenters. The lowest BCUT2D eigenvalue weighted by Crippen LogP contribution is -2.39. The van der Waals surface area contributed by atoms with Crippen LogP contribution >= 0.6 is 0 Å². The Morgan fingerprint density at radius 3 is 2.79 bits per heavy atom. The Morgan fingerprint density at radius 1 is 1.42 bits per heavy atom. The molecule has 0 saturated heterocycles. The van der Waals surface area contributed by atoms with Gasteiger partial charge in [0.05, 0.1) is 0 Å². The van der Waals surface area contributed by atoms with Gasteiger partial charge >= 0.3 is 0 Å². The van der Waals surface area contributed by atoms with Crippen LogP contribution in [-0.4, -0.2) is 44.6 Å². The molecule has 108 valence electrons. The lowest BCUT2D eigenvalue weighted by molar-refractivity contribution is 0.275. The molecule has 1 aromatic rings. The van der Waals surface area contributed by atoms with Gasteiger partial charge < -0.3 is 5.11 Å². The fourth-order valence-electron chi connectivity index (χ4n) is 1.54. The standard InChI is InChI=1S/C12H19FN2O3S/c1-15(8-3-9-16)19(17,18)14-7-6-11-4-2-5-12(13)10-11/h2,4-5,10,14,16H,3,6-9H2,1H3. The van der Waals surface area contributed by atoms with Gasteiger partial charge in [-0.2, -0.15) is 12.7 Å². The minimum absolute atomic E-state index is 0.0524. The van der Waals surface area contributed by atoms with Gasteiger partial charge in [0.2, 0.25) is 0 Å². The van der Waals surface area contributed by atoms with Crippen LogP contribution in [0.2, 0.25) is 0 Å². The summed E-state index contributed by atoms with van der Waals surface area (Å²) in [5.41, 5.74) is 0.737. The van der Waals surface area contributed by atoms with E-state index in [1.54, 1.807) is 12.1 Å². The molecule has 0 aliphatic carbocycles. The van der Waals surface area contributed by atoms with Gasteiger partial charge in [0, 0.05) is 26.7 Å². The molecule has 1 rings (SSSR count). The third-order valence-electron chi connectivity index (χ3n) is 2.63. The van der Waals surface area contributed by atoms with Crippen molar-refractivity contribution in [3.8, 4) is 0 Å². The van der Waals surface area contributed by atoms with E-state index in [1.165, 1.54) is 19.2 Å². The van der Waals surface area contributed by atoms with Crippen LogP contribution in [0, 0.1) is 5.82 Å². The van der Waals surface area contributed by atoms with Crippen LogP contribution < -0.4 is 4.72 Å². The number of hydrogen-bond acceptors (Lipinski definition) is 3. The number of hydrogen-bond donors (Lipinski definition) is 2. The number of aliphatic hydroxyl groups is 1. The van der Waals surface area contributed by atoms with E-state index in [4.69, 9.17) is 5.11 Å². The molecule has 0 bridgehead atoms. The maximum atomic E-state index is 12.9. The Morgan fingerprint density at radius 2 is 2.16 bits per heavy atom. The molecule has 5 nitrogen and oxygen atoms in total. The normalized spacial score (nSPS) is 12.0. The molecule has 0 saturated carbocycles. The van der Waals surface area contributed by atoms with Crippen LogP contribution in [0.4, 0.5) is 4.39 Å². The maximum Gasteiger partial charge on any atom is 0.279 e. The molecule has 19 heavy (non-hydrogen) atoms. The number of halogens is 1. The Kier molecular flexibility index (Phi) is 6.36. The third-order valence-corrected chi connectivity index (χ3v) is 4.20. The summed E-state index contributed by atoms with van der Waals surface area (Å²) in [4.78, 5) is 0. The van der Waals surface area contributed by atoms with Crippen molar-refractivity contribution < 1.29 is 17.9 Å². The highest BCUT2D eigenvalue weighted by atomic mass is 32.2. The van der Waals surface area contributed by atoms with Crippen LogP contribution in [-0.2, 0) is 16.6 Å². The molecule has 0 radical (unpaired) electrons. The van der Waals surface area contributed by atoms with Crippen LogP contribution in [0.5, 0.6) is 0 Å². The smallest absolute Gasteiger partial charge is 0.279 e. The molecule has 0 aliphatic heterocycles. The molecular weight excluding hydrogens is 271 g/mol. The highest BCUT2D eigenvalue weighted by Gasteiger charge is 2.15. The van der Waals surface area contributed by atoms with Gasteiger partial charge in [0.15, 0.2) is 0 Å². The van der Waals surface area contributed by atoms with E-state index in [0.29, 0.717) is 12.8 Å². The third kappa shape index (κ3) is 5.65. The summed E-state index contributed by atoms with van der Waals surface area (Å²) in [6, 6.07) is 6.06. The van der Waals surface area contributed by atoms with E-state index in [2.05, 4.69) is 4.72 Å². The largest absolute Gasteiger partial charge is 0.396 e. The molecule has 0 spiro atoms. The second kappa shape index (κ2) is 7.54. The Balaban J connectivity index is 2.43. The molecule has 1 aromatic carbocycles. The van der Waals surface area contributed by atoms with Crippen molar-refractivity contribution in [2.75, 3.05) is 26.7 Å². The van der Waals surface area contributed by atoms with Crippen molar-refractivity contribution in [2.45, 2.75) is 12.8 Å². The van der Waals surface area contributed by atoms with Crippen molar-refractivity contribution in [2.24, 2.45) is 0 Å². The Bertz CT molecular complexity index is 494. The first-order valence-corrected chi connectivity index (χ1v) is 7.46. The van der Waals surface area contributed by atoms with Gasteiger partial charge in [-0.25, -0.2) is 9.11 Å². The van der Waals surface area contributed by atoms with Gasteiger partial charge in [-0.1, -0.05) is 12.1 Å². The summed E-state index contributed by atoms with van der Waals surface area (Å²) in [5.74, 6) is -0.333. The highest BCUT2D eigenvalue weighted by molar-refractivity contribution is 7.87. The molecular formula is C12H19FN2O3S. The second-order valence-corrected chi connectivity index (χ2v) is 6.04. The lowest BCUT2D eigenvalue weighted by atomic mass is 10.1. The molecule has 0 atom stereocenters. The molecule has 0 amide bonds. The van der Waals surface area contributed by atoms with E-state index in [9.17, 15) is 12.8 Å². The number of nitrogens with zero attached hydrogens (tertiary/aromatic N) is 1. The zero-order valence-corrected chi connectivity index (χ0v) is 11.7. The average Bonchev–Trinajstić information content (AvgIpc) is 2.35. The number of rotatable bonds is 8. The fraction of sp³-hybridized carbons (Fsp3) is 0.500. The molecule has 0 aliphatic rings. The minimum Gasteiger partial charge on any atom is -0.396 e. The SMILES string of the molecule is CN(CCCO)S(=O)(=O)NCCc1cccc(F)c1. The molecule has 0 aromatic heterocycles. The number of nitrogens with one attached hydrogen (secondary N) is 1. The predicted molar refractivity (Wildman–Crippen MR) is 71.4 cm³/mol. The van der Waals surface area contributed by atoms with Crippen molar-refractivity contribution in [1.82, 2.24) is 9.03 Å². The molecule has 7 heteroatoms. The minimum atomic E-state index is -3.53. The fourth-order valence-corrected chi connectivity index (χ4v) is 2.49. The summed E-state index contributed by atoms with van der Waals surface area (Å²) in [6.45, 7) is 0.407. The van der Waals surface area contributed by atoms with E-state index < -0.39 is 10.2 Å². The number of benzene rings is 1. The lowest BCUT2D eigenvalue weighted by Gasteiger charge is -2.17. The first-order chi connectivity index (χ1) is 8.95. The van der Waals surface area contributed by atoms with Crippen LogP contribution in [0.15, 0.2) is 24.3 Å². The van der Waals surface area contributed by atoms with E-state index in [-0.39, 0.29) is 25.5 Å². The van der Waals surface area contributed by atoms with Gasteiger partial charge in [-0.15, -0.1) is 0 Å². The van der Waals surface area contributed by atoms with E-state index >= 15 is 0 Å². The van der Waals surface area contributed by atoms with Gasteiger partial charge in [0.1, 0.15) is 5.82 Å². The van der Waals surface area contributed by atoms with Crippen molar-refractivity contribution in [3.63, 3.8) is 0 Å². The predicted octanol–water partition coefficient (Wildman–Crippen LogP) is 0.517. The van der Waals surface area contributed by atoms with Crippen molar-refractivity contribution in [1.29, 1.82) is 0 Å². The van der Waals surface area contributed by atoms with Gasteiger partial charge in [-0.05, 0) is 30.5 Å². The second-order valence-electron chi connectivity index (χ2n) is 4.18.